The van der Waals surface area contributed by atoms with Gasteiger partial charge in [-0.05, 0) is 31.7 Å². The van der Waals surface area contributed by atoms with Gasteiger partial charge in [-0.15, -0.1) is 10.2 Å². The van der Waals surface area contributed by atoms with Gasteiger partial charge in [-0.3, -0.25) is 0 Å². The summed E-state index contributed by atoms with van der Waals surface area (Å²) in [7, 11) is 2.01. The summed E-state index contributed by atoms with van der Waals surface area (Å²) < 4.78 is 2.04. The first kappa shape index (κ1) is 12.2. The molecule has 4 heteroatoms. The monoisotopic (exact) mass is 210 g/mol. The van der Waals surface area contributed by atoms with Crippen molar-refractivity contribution >= 4 is 0 Å². The van der Waals surface area contributed by atoms with Crippen LogP contribution >= 0.6 is 0 Å². The van der Waals surface area contributed by atoms with Gasteiger partial charge in [-0.1, -0.05) is 13.8 Å². The summed E-state index contributed by atoms with van der Waals surface area (Å²) >= 11 is 0. The van der Waals surface area contributed by atoms with Gasteiger partial charge in [0.05, 0.1) is 0 Å². The first-order chi connectivity index (χ1) is 7.04. The van der Waals surface area contributed by atoms with Gasteiger partial charge >= 0.3 is 0 Å². The van der Waals surface area contributed by atoms with E-state index < -0.39 is 0 Å². The molecule has 1 atom stereocenters. The van der Waals surface area contributed by atoms with Crippen LogP contribution in [0.1, 0.15) is 31.9 Å². The second-order valence-corrected chi connectivity index (χ2v) is 4.66. The molecule has 4 nitrogen and oxygen atoms in total. The van der Waals surface area contributed by atoms with Gasteiger partial charge in [-0.25, -0.2) is 0 Å². The summed E-state index contributed by atoms with van der Waals surface area (Å²) in [6.45, 7) is 7.15. The first-order valence-electron chi connectivity index (χ1n) is 5.59. The highest BCUT2D eigenvalue weighted by Gasteiger charge is 2.14. The van der Waals surface area contributed by atoms with Crippen LogP contribution in [0.4, 0.5) is 0 Å². The Labute approximate surface area is 91.9 Å². The third kappa shape index (κ3) is 3.30. The molecule has 2 N–H and O–H groups in total. The predicted molar refractivity (Wildman–Crippen MR) is 61.4 cm³/mol. The standard InChI is InChI=1S/C11H22N4/c1-8(2)5-10(7-12)6-11-14-13-9(3)15(11)4/h8,10H,5-7,12H2,1-4H3. The van der Waals surface area contributed by atoms with Crippen molar-refractivity contribution in [2.45, 2.75) is 33.6 Å². The minimum Gasteiger partial charge on any atom is -0.330 e. The molecular weight excluding hydrogens is 188 g/mol. The zero-order chi connectivity index (χ0) is 11.4. The van der Waals surface area contributed by atoms with Crippen LogP contribution in [0.3, 0.4) is 0 Å². The molecule has 1 aromatic rings. The zero-order valence-electron chi connectivity index (χ0n) is 10.2. The summed E-state index contributed by atoms with van der Waals surface area (Å²) in [6.07, 6.45) is 2.09. The second kappa shape index (κ2) is 5.26. The van der Waals surface area contributed by atoms with E-state index in [1.807, 2.05) is 18.5 Å². The van der Waals surface area contributed by atoms with Crippen LogP contribution in [0.5, 0.6) is 0 Å². The molecule has 0 fully saturated rings. The van der Waals surface area contributed by atoms with E-state index in [1.165, 1.54) is 0 Å². The maximum absolute atomic E-state index is 5.77. The molecule has 0 aliphatic carbocycles. The van der Waals surface area contributed by atoms with Crippen LogP contribution in [0.25, 0.3) is 0 Å². The lowest BCUT2D eigenvalue weighted by Crippen LogP contribution is -2.20. The summed E-state index contributed by atoms with van der Waals surface area (Å²) in [5.74, 6) is 3.22. The van der Waals surface area contributed by atoms with E-state index >= 15 is 0 Å². The molecule has 86 valence electrons. The molecule has 0 spiro atoms. The average Bonchev–Trinajstić information content (AvgIpc) is 2.48. The van der Waals surface area contributed by atoms with Crippen LogP contribution in [0.15, 0.2) is 0 Å². The van der Waals surface area contributed by atoms with Crippen LogP contribution in [-0.4, -0.2) is 21.3 Å². The van der Waals surface area contributed by atoms with Crippen LogP contribution in [0.2, 0.25) is 0 Å². The van der Waals surface area contributed by atoms with Crippen molar-refractivity contribution in [2.24, 2.45) is 24.6 Å². The number of aryl methyl sites for hydroxylation is 1. The van der Waals surface area contributed by atoms with Crippen LogP contribution in [0, 0.1) is 18.8 Å². The van der Waals surface area contributed by atoms with Crippen LogP contribution in [-0.2, 0) is 13.5 Å². The third-order valence-corrected chi connectivity index (χ3v) is 2.79. The molecule has 0 aliphatic rings. The summed E-state index contributed by atoms with van der Waals surface area (Å²) in [4.78, 5) is 0. The lowest BCUT2D eigenvalue weighted by molar-refractivity contribution is 0.404. The summed E-state index contributed by atoms with van der Waals surface area (Å²) in [5.41, 5.74) is 5.77. The lowest BCUT2D eigenvalue weighted by Gasteiger charge is -2.16. The highest BCUT2D eigenvalue weighted by atomic mass is 15.3. The molecule has 15 heavy (non-hydrogen) atoms. The Bertz CT molecular complexity index is 304. The quantitative estimate of drug-likeness (QED) is 0.796. The Balaban J connectivity index is 2.62. The third-order valence-electron chi connectivity index (χ3n) is 2.79. The van der Waals surface area contributed by atoms with Crippen molar-refractivity contribution in [3.05, 3.63) is 11.6 Å². The molecule has 0 aliphatic heterocycles. The number of hydrogen-bond donors (Lipinski definition) is 1. The predicted octanol–water partition coefficient (Wildman–Crippen LogP) is 1.29. The summed E-state index contributed by atoms with van der Waals surface area (Å²) in [5, 5.41) is 8.22. The molecule has 0 amide bonds. The van der Waals surface area contributed by atoms with E-state index in [4.69, 9.17) is 5.73 Å². The van der Waals surface area contributed by atoms with Crippen molar-refractivity contribution in [3.63, 3.8) is 0 Å². The van der Waals surface area contributed by atoms with E-state index in [0.717, 1.165) is 31.0 Å². The normalized spacial score (nSPS) is 13.5. The Hall–Kier alpha value is -0.900. The number of aromatic nitrogens is 3. The maximum atomic E-state index is 5.77. The number of nitrogens with two attached hydrogens (primary N) is 1. The minimum atomic E-state index is 0.521. The Morgan fingerprint density at radius 3 is 2.40 bits per heavy atom. The Morgan fingerprint density at radius 1 is 1.33 bits per heavy atom. The van der Waals surface area contributed by atoms with Crippen molar-refractivity contribution < 1.29 is 0 Å². The smallest absolute Gasteiger partial charge is 0.133 e. The second-order valence-electron chi connectivity index (χ2n) is 4.66. The van der Waals surface area contributed by atoms with E-state index in [9.17, 15) is 0 Å². The molecule has 0 saturated heterocycles. The topological polar surface area (TPSA) is 56.7 Å². The molecule has 0 aromatic carbocycles. The highest BCUT2D eigenvalue weighted by molar-refractivity contribution is 4.94. The van der Waals surface area contributed by atoms with E-state index in [0.29, 0.717) is 11.8 Å². The highest BCUT2D eigenvalue weighted by Crippen LogP contribution is 2.15. The van der Waals surface area contributed by atoms with Gasteiger partial charge in [-0.2, -0.15) is 0 Å². The lowest BCUT2D eigenvalue weighted by atomic mass is 9.94. The zero-order valence-corrected chi connectivity index (χ0v) is 10.2. The molecule has 0 bridgehead atoms. The molecule has 1 aromatic heterocycles. The number of nitrogens with zero attached hydrogens (tertiary/aromatic N) is 3. The SMILES string of the molecule is Cc1nnc(CC(CN)CC(C)C)n1C. The molecule has 0 saturated carbocycles. The van der Waals surface area contributed by atoms with Gasteiger partial charge in [0.25, 0.3) is 0 Å². The largest absolute Gasteiger partial charge is 0.330 e. The van der Waals surface area contributed by atoms with Crippen molar-refractivity contribution in [1.29, 1.82) is 0 Å². The molecule has 1 unspecified atom stereocenters. The minimum absolute atomic E-state index is 0.521. The van der Waals surface area contributed by atoms with Gasteiger partial charge in [0.2, 0.25) is 0 Å². The fraction of sp³-hybridized carbons (Fsp3) is 0.818. The fourth-order valence-electron chi connectivity index (χ4n) is 1.82. The summed E-state index contributed by atoms with van der Waals surface area (Å²) in [6, 6.07) is 0. The van der Waals surface area contributed by atoms with Gasteiger partial charge < -0.3 is 10.3 Å². The van der Waals surface area contributed by atoms with Gasteiger partial charge in [0.15, 0.2) is 0 Å². The molecule has 1 rings (SSSR count). The maximum Gasteiger partial charge on any atom is 0.133 e. The molecular formula is C11H22N4. The van der Waals surface area contributed by atoms with E-state index in [-0.39, 0.29) is 0 Å². The Morgan fingerprint density at radius 2 is 2.00 bits per heavy atom. The van der Waals surface area contributed by atoms with Crippen LogP contribution < -0.4 is 5.73 Å². The van der Waals surface area contributed by atoms with E-state index in [1.54, 1.807) is 0 Å². The van der Waals surface area contributed by atoms with Crippen molar-refractivity contribution in [1.82, 2.24) is 14.8 Å². The fourth-order valence-corrected chi connectivity index (χ4v) is 1.82. The van der Waals surface area contributed by atoms with Gasteiger partial charge in [0, 0.05) is 13.5 Å². The van der Waals surface area contributed by atoms with Crippen molar-refractivity contribution in [3.8, 4) is 0 Å². The van der Waals surface area contributed by atoms with Gasteiger partial charge in [0.1, 0.15) is 11.6 Å². The molecule has 0 radical (unpaired) electrons. The Kier molecular flexibility index (Phi) is 4.27. The van der Waals surface area contributed by atoms with E-state index in [2.05, 4.69) is 24.0 Å². The van der Waals surface area contributed by atoms with Crippen molar-refractivity contribution in [2.75, 3.05) is 6.54 Å². The molecule has 1 heterocycles. The number of hydrogen-bond acceptors (Lipinski definition) is 3. The average molecular weight is 210 g/mol. The number of rotatable bonds is 5. The first-order valence-corrected chi connectivity index (χ1v) is 5.59.